The van der Waals surface area contributed by atoms with Crippen molar-refractivity contribution in [3.63, 3.8) is 0 Å². The van der Waals surface area contributed by atoms with Gasteiger partial charge in [0.1, 0.15) is 11.8 Å². The molecule has 2 atom stereocenters. The Balaban J connectivity index is 1.58. The topological polar surface area (TPSA) is 80.2 Å². The Morgan fingerprint density at radius 2 is 2.16 bits per heavy atom. The Hall–Kier alpha value is -2.25. The van der Waals surface area contributed by atoms with Gasteiger partial charge in [-0.15, -0.1) is 0 Å². The van der Waals surface area contributed by atoms with Crippen LogP contribution in [0.2, 0.25) is 0 Å². The summed E-state index contributed by atoms with van der Waals surface area (Å²) < 4.78 is 11.5. The summed E-state index contributed by atoms with van der Waals surface area (Å²) in [4.78, 5) is 23.9. The number of benzene rings is 1. The van der Waals surface area contributed by atoms with E-state index < -0.39 is 0 Å². The largest absolute Gasteiger partial charge is 0.379 e. The van der Waals surface area contributed by atoms with Gasteiger partial charge in [0.05, 0.1) is 19.3 Å². The van der Waals surface area contributed by atoms with Crippen LogP contribution in [0.1, 0.15) is 24.8 Å². The average Bonchev–Trinajstić information content (AvgIpc) is 2.64. The summed E-state index contributed by atoms with van der Waals surface area (Å²) in [6.07, 6.45) is 1.16. The summed E-state index contributed by atoms with van der Waals surface area (Å²) in [7, 11) is 1.56. The molecule has 1 saturated heterocycles. The number of carbonyl (C=O) groups excluding carboxylic acids is 2. The summed E-state index contributed by atoms with van der Waals surface area (Å²) in [5.74, 6) is -0.314. The van der Waals surface area contributed by atoms with Crippen LogP contribution in [0.3, 0.4) is 0 Å². The van der Waals surface area contributed by atoms with Gasteiger partial charge < -0.3 is 14.8 Å². The molecule has 0 aromatic heterocycles. The summed E-state index contributed by atoms with van der Waals surface area (Å²) in [6, 6.07) is 9.77. The molecule has 0 aliphatic carbocycles. The van der Waals surface area contributed by atoms with E-state index in [-0.39, 0.29) is 24.0 Å². The van der Waals surface area contributed by atoms with E-state index in [2.05, 4.69) is 10.4 Å². The predicted octanol–water partition coefficient (Wildman–Crippen LogP) is 1.09. The lowest BCUT2D eigenvalue weighted by molar-refractivity contribution is -0.130. The van der Waals surface area contributed by atoms with Gasteiger partial charge >= 0.3 is 0 Å². The van der Waals surface area contributed by atoms with Crippen LogP contribution in [-0.2, 0) is 25.7 Å². The van der Waals surface area contributed by atoms with Crippen molar-refractivity contribution in [1.29, 1.82) is 0 Å². The SMILES string of the molecule is CN1N=C(C(=O)N[C@@H]2CCOC[C@H]2OCc2ccccc2)CCC1=O. The highest BCUT2D eigenvalue weighted by Gasteiger charge is 2.30. The summed E-state index contributed by atoms with van der Waals surface area (Å²) in [5, 5.41) is 8.29. The molecule has 0 saturated carbocycles. The second kappa shape index (κ2) is 8.22. The van der Waals surface area contributed by atoms with Gasteiger partial charge in [-0.3, -0.25) is 9.59 Å². The van der Waals surface area contributed by atoms with E-state index in [0.717, 1.165) is 5.56 Å². The molecule has 0 unspecified atom stereocenters. The van der Waals surface area contributed by atoms with Gasteiger partial charge in [0.25, 0.3) is 5.91 Å². The molecule has 2 aliphatic rings. The minimum atomic E-state index is -0.237. The smallest absolute Gasteiger partial charge is 0.267 e. The number of hydrogen-bond acceptors (Lipinski definition) is 5. The molecule has 134 valence electrons. The molecular weight excluding hydrogens is 322 g/mol. The van der Waals surface area contributed by atoms with Crippen molar-refractivity contribution in [2.75, 3.05) is 20.3 Å². The van der Waals surface area contributed by atoms with E-state index >= 15 is 0 Å². The normalized spacial score (nSPS) is 24.0. The second-order valence-corrected chi connectivity index (χ2v) is 6.24. The maximum atomic E-state index is 12.5. The fraction of sp³-hybridized carbons (Fsp3) is 0.500. The Labute approximate surface area is 147 Å². The van der Waals surface area contributed by atoms with E-state index in [1.807, 2.05) is 30.3 Å². The van der Waals surface area contributed by atoms with E-state index in [1.165, 1.54) is 5.01 Å². The number of nitrogens with one attached hydrogen (secondary N) is 1. The third-order valence-electron chi connectivity index (χ3n) is 4.40. The highest BCUT2D eigenvalue weighted by Crippen LogP contribution is 2.15. The zero-order valence-electron chi connectivity index (χ0n) is 14.3. The van der Waals surface area contributed by atoms with Crippen LogP contribution in [0, 0.1) is 0 Å². The van der Waals surface area contributed by atoms with E-state index in [4.69, 9.17) is 9.47 Å². The predicted molar refractivity (Wildman–Crippen MR) is 91.8 cm³/mol. The number of nitrogens with zero attached hydrogens (tertiary/aromatic N) is 2. The summed E-state index contributed by atoms with van der Waals surface area (Å²) >= 11 is 0. The van der Waals surface area contributed by atoms with E-state index in [0.29, 0.717) is 44.8 Å². The average molecular weight is 345 g/mol. The molecule has 0 radical (unpaired) electrons. The van der Waals surface area contributed by atoms with Gasteiger partial charge in [-0.25, -0.2) is 5.01 Å². The zero-order valence-corrected chi connectivity index (χ0v) is 14.3. The molecule has 25 heavy (non-hydrogen) atoms. The molecule has 2 heterocycles. The molecule has 1 fully saturated rings. The maximum Gasteiger partial charge on any atom is 0.267 e. The maximum absolute atomic E-state index is 12.5. The second-order valence-electron chi connectivity index (χ2n) is 6.24. The van der Waals surface area contributed by atoms with Crippen molar-refractivity contribution < 1.29 is 19.1 Å². The molecule has 1 N–H and O–H groups in total. The van der Waals surface area contributed by atoms with Crippen LogP contribution in [-0.4, -0.2) is 54.9 Å². The molecule has 7 heteroatoms. The first-order chi connectivity index (χ1) is 12.1. The van der Waals surface area contributed by atoms with Crippen LogP contribution in [0.4, 0.5) is 0 Å². The number of hydrazone groups is 1. The monoisotopic (exact) mass is 345 g/mol. The number of hydrogen-bond donors (Lipinski definition) is 1. The fourth-order valence-electron chi connectivity index (χ4n) is 2.90. The van der Waals surface area contributed by atoms with Crippen LogP contribution in [0.25, 0.3) is 0 Å². The number of carbonyl (C=O) groups is 2. The Bertz CT molecular complexity index is 647. The lowest BCUT2D eigenvalue weighted by Gasteiger charge is -2.32. The van der Waals surface area contributed by atoms with E-state index in [9.17, 15) is 9.59 Å². The fourth-order valence-corrected chi connectivity index (χ4v) is 2.90. The first-order valence-electron chi connectivity index (χ1n) is 8.51. The minimum Gasteiger partial charge on any atom is -0.379 e. The van der Waals surface area contributed by atoms with Gasteiger partial charge in [-0.2, -0.15) is 5.10 Å². The van der Waals surface area contributed by atoms with Crippen molar-refractivity contribution in [2.45, 2.75) is 38.0 Å². The zero-order chi connectivity index (χ0) is 17.6. The van der Waals surface area contributed by atoms with Gasteiger partial charge in [-0.05, 0) is 12.0 Å². The van der Waals surface area contributed by atoms with Crippen molar-refractivity contribution in [3.05, 3.63) is 35.9 Å². The van der Waals surface area contributed by atoms with Gasteiger partial charge in [0.15, 0.2) is 0 Å². The van der Waals surface area contributed by atoms with Gasteiger partial charge in [0, 0.05) is 26.5 Å². The Kier molecular flexibility index (Phi) is 5.78. The molecule has 0 bridgehead atoms. The third kappa shape index (κ3) is 4.64. The van der Waals surface area contributed by atoms with E-state index in [1.54, 1.807) is 7.05 Å². The first-order valence-corrected chi connectivity index (χ1v) is 8.51. The summed E-state index contributed by atoms with van der Waals surface area (Å²) in [6.45, 7) is 1.50. The summed E-state index contributed by atoms with van der Waals surface area (Å²) in [5.41, 5.74) is 1.46. The molecule has 1 aromatic carbocycles. The minimum absolute atomic E-state index is 0.0771. The molecular formula is C18H23N3O4. The van der Waals surface area contributed by atoms with Crippen molar-refractivity contribution in [3.8, 4) is 0 Å². The third-order valence-corrected chi connectivity index (χ3v) is 4.40. The molecule has 2 aliphatic heterocycles. The van der Waals surface area contributed by atoms with Crippen LogP contribution < -0.4 is 5.32 Å². The Morgan fingerprint density at radius 3 is 2.92 bits per heavy atom. The van der Waals surface area contributed by atoms with Crippen LogP contribution in [0.5, 0.6) is 0 Å². The Morgan fingerprint density at radius 1 is 1.36 bits per heavy atom. The quantitative estimate of drug-likeness (QED) is 0.866. The molecule has 1 aromatic rings. The van der Waals surface area contributed by atoms with Crippen LogP contribution in [0.15, 0.2) is 35.4 Å². The lowest BCUT2D eigenvalue weighted by Crippen LogP contribution is -2.52. The molecule has 3 rings (SSSR count). The standard InChI is InChI=1S/C18H23N3O4/c1-21-17(22)8-7-15(20-21)18(23)19-14-9-10-24-12-16(14)25-11-13-5-3-2-4-6-13/h2-6,14,16H,7-12H2,1H3,(H,19,23)/t14-,16-/m1/s1. The number of amides is 2. The lowest BCUT2D eigenvalue weighted by atomic mass is 10.0. The van der Waals surface area contributed by atoms with Crippen molar-refractivity contribution >= 4 is 17.5 Å². The van der Waals surface area contributed by atoms with Gasteiger partial charge in [-0.1, -0.05) is 30.3 Å². The highest BCUT2D eigenvalue weighted by atomic mass is 16.5. The molecule has 2 amide bonds. The van der Waals surface area contributed by atoms with Gasteiger partial charge in [0.2, 0.25) is 5.91 Å². The van der Waals surface area contributed by atoms with Crippen molar-refractivity contribution in [2.24, 2.45) is 5.10 Å². The molecule has 7 nitrogen and oxygen atoms in total. The van der Waals surface area contributed by atoms with Crippen molar-refractivity contribution in [1.82, 2.24) is 10.3 Å². The number of ether oxygens (including phenoxy) is 2. The molecule has 0 spiro atoms. The van der Waals surface area contributed by atoms with Crippen LogP contribution >= 0.6 is 0 Å². The highest BCUT2D eigenvalue weighted by molar-refractivity contribution is 6.39. The first kappa shape index (κ1) is 17.6. The number of rotatable bonds is 5.